The van der Waals surface area contributed by atoms with Gasteiger partial charge < -0.3 is 5.73 Å². The minimum atomic E-state index is 0.0962. The summed E-state index contributed by atoms with van der Waals surface area (Å²) in [6.45, 7) is 7.99. The molecule has 2 N–H and O–H groups in total. The van der Waals surface area contributed by atoms with Gasteiger partial charge in [-0.25, -0.2) is 0 Å². The van der Waals surface area contributed by atoms with E-state index in [0.29, 0.717) is 12.1 Å². The standard InChI is InChI=1S/C17H26ClN3/c1-12-10-20-8-4-7-16(20)11-21(12)17(13(2)19)14-5-3-6-15(18)9-14/h3,5-6,9,12-13,16-17H,4,7-8,10-11,19H2,1-2H3. The molecule has 4 unspecified atom stereocenters. The maximum atomic E-state index is 6.35. The highest BCUT2D eigenvalue weighted by molar-refractivity contribution is 6.30. The van der Waals surface area contributed by atoms with E-state index in [1.165, 1.54) is 24.9 Å². The van der Waals surface area contributed by atoms with Gasteiger partial charge in [-0.3, -0.25) is 9.80 Å². The van der Waals surface area contributed by atoms with Gasteiger partial charge in [0.1, 0.15) is 0 Å². The first-order chi connectivity index (χ1) is 10.1. The predicted octanol–water partition coefficient (Wildman–Crippen LogP) is 2.90. The van der Waals surface area contributed by atoms with Crippen molar-refractivity contribution >= 4 is 11.6 Å². The van der Waals surface area contributed by atoms with Crippen LogP contribution in [0.15, 0.2) is 24.3 Å². The topological polar surface area (TPSA) is 32.5 Å². The van der Waals surface area contributed by atoms with Gasteiger partial charge in [-0.05, 0) is 50.9 Å². The molecule has 2 heterocycles. The van der Waals surface area contributed by atoms with Crippen LogP contribution in [0.25, 0.3) is 0 Å². The van der Waals surface area contributed by atoms with E-state index in [1.807, 2.05) is 12.1 Å². The molecule has 1 aromatic carbocycles. The van der Waals surface area contributed by atoms with E-state index in [4.69, 9.17) is 17.3 Å². The second-order valence-electron chi connectivity index (χ2n) is 6.70. The maximum Gasteiger partial charge on any atom is 0.0501 e. The van der Waals surface area contributed by atoms with Gasteiger partial charge in [0.05, 0.1) is 6.04 Å². The fourth-order valence-corrected chi connectivity index (χ4v) is 4.28. The number of nitrogens with zero attached hydrogens (tertiary/aromatic N) is 2. The number of hydrogen-bond acceptors (Lipinski definition) is 3. The summed E-state index contributed by atoms with van der Waals surface area (Å²) in [6.07, 6.45) is 2.66. The monoisotopic (exact) mass is 307 g/mol. The van der Waals surface area contributed by atoms with E-state index in [2.05, 4.69) is 35.8 Å². The summed E-state index contributed by atoms with van der Waals surface area (Å²) >= 11 is 6.19. The van der Waals surface area contributed by atoms with E-state index in [-0.39, 0.29) is 12.1 Å². The molecule has 0 radical (unpaired) electrons. The minimum absolute atomic E-state index is 0.0962. The molecule has 0 saturated carbocycles. The Kier molecular flexibility index (Phi) is 4.55. The summed E-state index contributed by atoms with van der Waals surface area (Å²) in [4.78, 5) is 5.25. The van der Waals surface area contributed by atoms with Crippen molar-refractivity contribution in [2.24, 2.45) is 5.73 Å². The number of fused-ring (bicyclic) bond motifs is 1. The Labute approximate surface area is 133 Å². The molecule has 2 aliphatic heterocycles. The van der Waals surface area contributed by atoms with Crippen molar-refractivity contribution in [3.63, 3.8) is 0 Å². The van der Waals surface area contributed by atoms with E-state index < -0.39 is 0 Å². The largest absolute Gasteiger partial charge is 0.326 e. The molecule has 116 valence electrons. The molecule has 2 aliphatic rings. The van der Waals surface area contributed by atoms with Gasteiger partial charge in [-0.1, -0.05) is 23.7 Å². The van der Waals surface area contributed by atoms with Gasteiger partial charge in [0.15, 0.2) is 0 Å². The van der Waals surface area contributed by atoms with E-state index in [0.717, 1.165) is 18.1 Å². The maximum absolute atomic E-state index is 6.35. The number of piperazine rings is 1. The molecule has 21 heavy (non-hydrogen) atoms. The lowest BCUT2D eigenvalue weighted by Crippen LogP contribution is -2.57. The first-order valence-electron chi connectivity index (χ1n) is 8.07. The molecule has 0 bridgehead atoms. The van der Waals surface area contributed by atoms with Gasteiger partial charge in [-0.2, -0.15) is 0 Å². The van der Waals surface area contributed by atoms with E-state index in [1.54, 1.807) is 0 Å². The van der Waals surface area contributed by atoms with Crippen molar-refractivity contribution in [2.45, 2.75) is 50.9 Å². The lowest BCUT2D eigenvalue weighted by atomic mass is 9.95. The summed E-state index contributed by atoms with van der Waals surface area (Å²) in [5, 5.41) is 0.797. The normalized spacial score (nSPS) is 30.1. The zero-order valence-corrected chi connectivity index (χ0v) is 13.8. The summed E-state index contributed by atoms with van der Waals surface area (Å²) in [5.41, 5.74) is 7.60. The van der Waals surface area contributed by atoms with Crippen molar-refractivity contribution in [1.82, 2.24) is 9.80 Å². The Morgan fingerprint density at radius 1 is 1.33 bits per heavy atom. The second kappa shape index (κ2) is 6.25. The lowest BCUT2D eigenvalue weighted by molar-refractivity contribution is 0.0206. The number of nitrogens with two attached hydrogens (primary N) is 1. The highest BCUT2D eigenvalue weighted by atomic mass is 35.5. The summed E-state index contributed by atoms with van der Waals surface area (Å²) < 4.78 is 0. The van der Waals surface area contributed by atoms with Crippen LogP contribution in [0.4, 0.5) is 0 Å². The van der Waals surface area contributed by atoms with Crippen LogP contribution in [0.3, 0.4) is 0 Å². The predicted molar refractivity (Wildman–Crippen MR) is 88.6 cm³/mol. The van der Waals surface area contributed by atoms with Crippen LogP contribution in [0, 0.1) is 0 Å². The molecule has 0 aromatic heterocycles. The highest BCUT2D eigenvalue weighted by Crippen LogP contribution is 2.33. The van der Waals surface area contributed by atoms with Crippen molar-refractivity contribution < 1.29 is 0 Å². The first-order valence-corrected chi connectivity index (χ1v) is 8.45. The fourth-order valence-electron chi connectivity index (χ4n) is 4.09. The average Bonchev–Trinajstić information content (AvgIpc) is 2.86. The second-order valence-corrected chi connectivity index (χ2v) is 7.13. The lowest BCUT2D eigenvalue weighted by Gasteiger charge is -2.47. The zero-order valence-electron chi connectivity index (χ0n) is 13.0. The van der Waals surface area contributed by atoms with Crippen LogP contribution in [0.1, 0.15) is 38.3 Å². The summed E-state index contributed by atoms with van der Waals surface area (Å²) in [7, 11) is 0. The van der Waals surface area contributed by atoms with Crippen molar-refractivity contribution in [1.29, 1.82) is 0 Å². The molecule has 2 fully saturated rings. The molecule has 4 atom stereocenters. The molecule has 0 aliphatic carbocycles. The van der Waals surface area contributed by atoms with Gasteiger partial charge in [0.2, 0.25) is 0 Å². The van der Waals surface area contributed by atoms with Gasteiger partial charge in [-0.15, -0.1) is 0 Å². The Morgan fingerprint density at radius 3 is 2.86 bits per heavy atom. The smallest absolute Gasteiger partial charge is 0.0501 e. The number of halogens is 1. The van der Waals surface area contributed by atoms with Gasteiger partial charge in [0, 0.05) is 36.2 Å². The molecule has 3 rings (SSSR count). The van der Waals surface area contributed by atoms with Gasteiger partial charge >= 0.3 is 0 Å². The van der Waals surface area contributed by atoms with Crippen LogP contribution >= 0.6 is 11.6 Å². The van der Waals surface area contributed by atoms with Crippen LogP contribution in [0.5, 0.6) is 0 Å². The molecular weight excluding hydrogens is 282 g/mol. The molecule has 3 nitrogen and oxygen atoms in total. The van der Waals surface area contributed by atoms with Crippen LogP contribution < -0.4 is 5.73 Å². The number of hydrogen-bond donors (Lipinski definition) is 1. The summed E-state index contributed by atoms with van der Waals surface area (Å²) in [5.74, 6) is 0. The van der Waals surface area contributed by atoms with Crippen LogP contribution in [0.2, 0.25) is 5.02 Å². The van der Waals surface area contributed by atoms with Crippen molar-refractivity contribution in [3.05, 3.63) is 34.9 Å². The molecular formula is C17H26ClN3. The van der Waals surface area contributed by atoms with Crippen molar-refractivity contribution in [2.75, 3.05) is 19.6 Å². The third-order valence-corrected chi connectivity index (χ3v) is 5.27. The van der Waals surface area contributed by atoms with Crippen LogP contribution in [-0.2, 0) is 0 Å². The Bertz CT molecular complexity index is 491. The quantitative estimate of drug-likeness (QED) is 0.932. The summed E-state index contributed by atoms with van der Waals surface area (Å²) in [6, 6.07) is 9.79. The Morgan fingerprint density at radius 2 is 2.14 bits per heavy atom. The van der Waals surface area contributed by atoms with Crippen molar-refractivity contribution in [3.8, 4) is 0 Å². The Balaban J connectivity index is 1.86. The SMILES string of the molecule is CC(N)C(c1cccc(Cl)c1)N1CC2CCCN2CC1C. The first kappa shape index (κ1) is 15.3. The van der Waals surface area contributed by atoms with Gasteiger partial charge in [0.25, 0.3) is 0 Å². The molecule has 4 heteroatoms. The molecule has 2 saturated heterocycles. The molecule has 0 spiro atoms. The fraction of sp³-hybridized carbons (Fsp3) is 0.647. The third kappa shape index (κ3) is 3.11. The van der Waals surface area contributed by atoms with Crippen LogP contribution in [-0.4, -0.2) is 47.6 Å². The average molecular weight is 308 g/mol. The molecule has 0 amide bonds. The van der Waals surface area contributed by atoms with E-state index >= 15 is 0 Å². The zero-order chi connectivity index (χ0) is 15.0. The number of rotatable bonds is 3. The highest BCUT2D eigenvalue weighted by Gasteiger charge is 2.38. The minimum Gasteiger partial charge on any atom is -0.326 e. The van der Waals surface area contributed by atoms with E-state index in [9.17, 15) is 0 Å². The Hall–Kier alpha value is -0.610. The third-order valence-electron chi connectivity index (χ3n) is 5.03. The number of benzene rings is 1. The molecule has 1 aromatic rings.